The Kier molecular flexibility index (Phi) is 6.63. The third-order valence-electron chi connectivity index (χ3n) is 4.37. The van der Waals surface area contributed by atoms with Gasteiger partial charge in [-0.15, -0.1) is 0 Å². The van der Waals surface area contributed by atoms with Gasteiger partial charge in [0.05, 0.1) is 0 Å². The van der Waals surface area contributed by atoms with Gasteiger partial charge in [0.15, 0.2) is 0 Å². The second-order valence-corrected chi connectivity index (χ2v) is 7.01. The van der Waals surface area contributed by atoms with E-state index in [9.17, 15) is 4.79 Å². The molecule has 0 unspecified atom stereocenters. The summed E-state index contributed by atoms with van der Waals surface area (Å²) >= 11 is 0. The first-order chi connectivity index (χ1) is 10.6. The highest BCUT2D eigenvalue weighted by Gasteiger charge is 2.27. The fourth-order valence-electron chi connectivity index (χ4n) is 2.78. The van der Waals surface area contributed by atoms with Crippen LogP contribution in [0.1, 0.15) is 60.8 Å². The summed E-state index contributed by atoms with van der Waals surface area (Å²) in [6.07, 6.45) is 8.51. The standard InChI is InChI=1S/C21H28O2/c1-15(14-20(22)23)9-10-16(2)17(3)11-12-19-18(4)8-7-13-21(19,5)6/h9-10,14H,7-8,13H2,1-6H3,(H,22,23)/b10-9+,15-14+,17-16?. The second kappa shape index (κ2) is 8.02. The molecule has 1 aliphatic rings. The molecule has 0 spiro atoms. The predicted molar refractivity (Wildman–Crippen MR) is 97.0 cm³/mol. The minimum atomic E-state index is -0.924. The van der Waals surface area contributed by atoms with Gasteiger partial charge < -0.3 is 5.11 Å². The highest BCUT2D eigenvalue weighted by atomic mass is 16.4. The van der Waals surface area contributed by atoms with Crippen molar-refractivity contribution in [1.29, 1.82) is 0 Å². The van der Waals surface area contributed by atoms with Crippen molar-refractivity contribution in [2.45, 2.75) is 60.8 Å². The Balaban J connectivity index is 3.01. The highest BCUT2D eigenvalue weighted by Crippen LogP contribution is 2.39. The van der Waals surface area contributed by atoms with Crippen LogP contribution < -0.4 is 0 Å². The van der Waals surface area contributed by atoms with Gasteiger partial charge in [-0.3, -0.25) is 0 Å². The van der Waals surface area contributed by atoms with E-state index in [-0.39, 0.29) is 5.41 Å². The monoisotopic (exact) mass is 312 g/mol. The Morgan fingerprint density at radius 3 is 2.43 bits per heavy atom. The van der Waals surface area contributed by atoms with E-state index in [4.69, 9.17) is 5.11 Å². The van der Waals surface area contributed by atoms with Crippen LogP contribution in [-0.4, -0.2) is 11.1 Å². The number of carbonyl (C=O) groups is 1. The van der Waals surface area contributed by atoms with Gasteiger partial charge in [0.25, 0.3) is 0 Å². The van der Waals surface area contributed by atoms with Crippen molar-refractivity contribution in [3.63, 3.8) is 0 Å². The summed E-state index contributed by atoms with van der Waals surface area (Å²) in [6, 6.07) is 0. The molecule has 2 nitrogen and oxygen atoms in total. The number of carboxylic acid groups (broad SMARTS) is 1. The van der Waals surface area contributed by atoms with Crippen molar-refractivity contribution in [3.05, 3.63) is 46.1 Å². The Bertz CT molecular complexity index is 656. The molecule has 0 heterocycles. The molecule has 1 rings (SSSR count). The fraction of sp³-hybridized carbons (Fsp3) is 0.476. The van der Waals surface area contributed by atoms with E-state index < -0.39 is 5.97 Å². The van der Waals surface area contributed by atoms with E-state index in [0.717, 1.165) is 17.6 Å². The number of carboxylic acids is 1. The molecule has 1 N–H and O–H groups in total. The number of hydrogen-bond acceptors (Lipinski definition) is 1. The van der Waals surface area contributed by atoms with Crippen molar-refractivity contribution in [1.82, 2.24) is 0 Å². The van der Waals surface area contributed by atoms with E-state index >= 15 is 0 Å². The summed E-state index contributed by atoms with van der Waals surface area (Å²) in [5.74, 6) is 5.75. The molecule has 0 bridgehead atoms. The van der Waals surface area contributed by atoms with Crippen molar-refractivity contribution >= 4 is 5.97 Å². The quantitative estimate of drug-likeness (QED) is 0.428. The second-order valence-electron chi connectivity index (χ2n) is 7.01. The zero-order valence-corrected chi connectivity index (χ0v) is 15.2. The van der Waals surface area contributed by atoms with Crippen molar-refractivity contribution in [2.75, 3.05) is 0 Å². The van der Waals surface area contributed by atoms with E-state index in [1.54, 1.807) is 6.92 Å². The van der Waals surface area contributed by atoms with Crippen molar-refractivity contribution in [2.24, 2.45) is 5.41 Å². The molecule has 23 heavy (non-hydrogen) atoms. The normalized spacial score (nSPS) is 19.3. The zero-order valence-electron chi connectivity index (χ0n) is 15.2. The summed E-state index contributed by atoms with van der Waals surface area (Å²) < 4.78 is 0. The Hall–Kier alpha value is -2.01. The lowest BCUT2D eigenvalue weighted by Crippen LogP contribution is -2.19. The maximum atomic E-state index is 10.6. The fourth-order valence-corrected chi connectivity index (χ4v) is 2.78. The third-order valence-corrected chi connectivity index (χ3v) is 4.37. The molecule has 0 saturated heterocycles. The van der Waals surface area contributed by atoms with Gasteiger partial charge in [-0.05, 0) is 63.5 Å². The van der Waals surface area contributed by atoms with Crippen LogP contribution in [0, 0.1) is 17.3 Å². The molecule has 1 aliphatic carbocycles. The number of hydrogen-bond donors (Lipinski definition) is 1. The minimum Gasteiger partial charge on any atom is -0.478 e. The lowest BCUT2D eigenvalue weighted by molar-refractivity contribution is -0.131. The van der Waals surface area contributed by atoms with Gasteiger partial charge in [0, 0.05) is 17.2 Å². The van der Waals surface area contributed by atoms with Crippen LogP contribution in [0.25, 0.3) is 0 Å². The molecule has 0 radical (unpaired) electrons. The molecule has 0 aromatic heterocycles. The maximum absolute atomic E-state index is 10.6. The summed E-state index contributed by atoms with van der Waals surface area (Å²) in [6.45, 7) is 12.5. The van der Waals surface area contributed by atoms with Gasteiger partial charge in [0.1, 0.15) is 0 Å². The first kappa shape index (κ1) is 19.0. The minimum absolute atomic E-state index is 0.167. The molecule has 0 aromatic rings. The van der Waals surface area contributed by atoms with Crippen molar-refractivity contribution in [3.8, 4) is 11.8 Å². The van der Waals surface area contributed by atoms with E-state index in [1.807, 2.05) is 26.0 Å². The van der Waals surface area contributed by atoms with Gasteiger partial charge >= 0.3 is 5.97 Å². The van der Waals surface area contributed by atoms with Crippen LogP contribution in [0.3, 0.4) is 0 Å². The SMILES string of the molecule is CC(C#CC1=C(C)CCCC1(C)C)=C(C)/C=C/C(C)=C/C(=O)O. The van der Waals surface area contributed by atoms with Gasteiger partial charge in [0.2, 0.25) is 0 Å². The Morgan fingerprint density at radius 1 is 1.22 bits per heavy atom. The van der Waals surface area contributed by atoms with E-state index in [1.165, 1.54) is 30.1 Å². The van der Waals surface area contributed by atoms with Gasteiger partial charge in [-0.1, -0.05) is 43.4 Å². The molecule has 0 fully saturated rings. The lowest BCUT2D eigenvalue weighted by Gasteiger charge is -2.31. The molecule has 0 amide bonds. The topological polar surface area (TPSA) is 37.3 Å². The van der Waals surface area contributed by atoms with E-state index in [2.05, 4.69) is 32.6 Å². The average molecular weight is 312 g/mol. The van der Waals surface area contributed by atoms with Crippen LogP contribution in [-0.2, 0) is 4.79 Å². The first-order valence-electron chi connectivity index (χ1n) is 8.12. The summed E-state index contributed by atoms with van der Waals surface area (Å²) in [7, 11) is 0. The molecule has 2 heteroatoms. The summed E-state index contributed by atoms with van der Waals surface area (Å²) in [5, 5.41) is 8.71. The van der Waals surface area contributed by atoms with Gasteiger partial charge in [-0.2, -0.15) is 0 Å². The lowest BCUT2D eigenvalue weighted by atomic mass is 9.73. The number of aliphatic carboxylic acids is 1. The smallest absolute Gasteiger partial charge is 0.328 e. The number of allylic oxidation sites excluding steroid dienone is 7. The predicted octanol–water partition coefficient (Wildman–Crippen LogP) is 5.44. The van der Waals surface area contributed by atoms with Gasteiger partial charge in [-0.25, -0.2) is 4.79 Å². The molecular weight excluding hydrogens is 284 g/mol. The summed E-state index contributed by atoms with van der Waals surface area (Å²) in [5.41, 5.74) is 5.65. The summed E-state index contributed by atoms with van der Waals surface area (Å²) in [4.78, 5) is 10.6. The first-order valence-corrected chi connectivity index (χ1v) is 8.12. The molecule has 124 valence electrons. The molecule has 0 aromatic carbocycles. The Morgan fingerprint density at radius 2 is 1.87 bits per heavy atom. The molecular formula is C21H28O2. The van der Waals surface area contributed by atoms with Crippen LogP contribution in [0.2, 0.25) is 0 Å². The molecule has 0 atom stereocenters. The van der Waals surface area contributed by atoms with Crippen LogP contribution >= 0.6 is 0 Å². The maximum Gasteiger partial charge on any atom is 0.328 e. The molecule has 0 saturated carbocycles. The van der Waals surface area contributed by atoms with Crippen molar-refractivity contribution < 1.29 is 9.90 Å². The van der Waals surface area contributed by atoms with Crippen LogP contribution in [0.5, 0.6) is 0 Å². The average Bonchev–Trinajstić information content (AvgIpc) is 2.42. The largest absolute Gasteiger partial charge is 0.478 e. The Labute approximate surface area is 140 Å². The van der Waals surface area contributed by atoms with E-state index in [0.29, 0.717) is 5.57 Å². The highest BCUT2D eigenvalue weighted by molar-refractivity contribution is 5.81. The number of rotatable bonds is 3. The third kappa shape index (κ3) is 5.94. The van der Waals surface area contributed by atoms with Crippen LogP contribution in [0.15, 0.2) is 46.1 Å². The zero-order chi connectivity index (χ0) is 17.6. The molecule has 0 aliphatic heterocycles. The van der Waals surface area contributed by atoms with Crippen LogP contribution in [0.4, 0.5) is 0 Å².